The molecule has 1 aromatic rings. The number of halogens is 1. The van der Waals surface area contributed by atoms with Crippen LogP contribution in [0.15, 0.2) is 35.4 Å². The largest absolute Gasteiger partial charge is 0.294 e. The van der Waals surface area contributed by atoms with E-state index in [1.165, 1.54) is 11.3 Å². The fraction of sp³-hybridized carbons (Fsp3) is 0.222. The Bertz CT molecular complexity index is 384. The summed E-state index contributed by atoms with van der Waals surface area (Å²) >= 11 is 2.23. The Morgan fingerprint density at radius 3 is 3.00 bits per heavy atom. The fourth-order valence-electron chi connectivity index (χ4n) is 1.34. The minimum Gasteiger partial charge on any atom is -0.268 e. The maximum atomic E-state index is 4.14. The van der Waals surface area contributed by atoms with Gasteiger partial charge in [-0.2, -0.15) is 2.78 Å². The molecule has 1 atom stereocenters. The molecule has 2 heterocycles. The summed E-state index contributed by atoms with van der Waals surface area (Å²) in [6.07, 6.45) is 7.47. The van der Waals surface area contributed by atoms with Gasteiger partial charge in [0, 0.05) is 18.5 Å². The number of allylic oxidation sites excluding steroid dienone is 1. The average molecular weight is 286 g/mol. The van der Waals surface area contributed by atoms with Gasteiger partial charge in [-0.3, -0.25) is 4.99 Å². The molecule has 1 unspecified atom stereocenters. The Labute approximate surface area is 90.7 Å². The van der Waals surface area contributed by atoms with Crippen molar-refractivity contribution in [2.75, 3.05) is 0 Å². The van der Waals surface area contributed by atoms with E-state index < -0.39 is 0 Å². The summed E-state index contributed by atoms with van der Waals surface area (Å²) in [6.45, 7) is 2.09. The summed E-state index contributed by atoms with van der Waals surface area (Å²) in [4.78, 5) is 8.17. The zero-order valence-corrected chi connectivity index (χ0v) is 9.34. The van der Waals surface area contributed by atoms with Gasteiger partial charge in [-0.15, -0.1) is 0 Å². The molecule has 13 heavy (non-hydrogen) atoms. The highest BCUT2D eigenvalue weighted by Crippen LogP contribution is 2.23. The van der Waals surface area contributed by atoms with Crippen LogP contribution in [0.5, 0.6) is 0 Å². The van der Waals surface area contributed by atoms with E-state index in [1.807, 2.05) is 27.5 Å². The summed E-state index contributed by atoms with van der Waals surface area (Å²) in [7, 11) is 0. The van der Waals surface area contributed by atoms with Gasteiger partial charge < -0.3 is 0 Å². The van der Waals surface area contributed by atoms with E-state index >= 15 is 0 Å². The number of aromatic nitrogens is 2. The summed E-state index contributed by atoms with van der Waals surface area (Å²) in [5.41, 5.74) is 2.49. The molecule has 0 amide bonds. The molecule has 0 radical (unpaired) electrons. The first-order valence-electron chi connectivity index (χ1n) is 4.00. The summed E-state index contributed by atoms with van der Waals surface area (Å²) in [5.74, 6) is 0.319. The van der Waals surface area contributed by atoms with Crippen molar-refractivity contribution in [2.24, 2.45) is 4.99 Å². The van der Waals surface area contributed by atoms with Crippen molar-refractivity contribution in [1.82, 2.24) is 4.98 Å². The highest BCUT2D eigenvalue weighted by atomic mass is 127. The molecule has 0 N–H and O–H groups in total. The lowest BCUT2D eigenvalue weighted by molar-refractivity contribution is -0.455. The first-order chi connectivity index (χ1) is 6.29. The number of aliphatic imine (C=N–C) groups is 1. The van der Waals surface area contributed by atoms with Crippen molar-refractivity contribution in [3.05, 3.63) is 36.1 Å². The minimum atomic E-state index is 0.319. The lowest BCUT2D eigenvalue weighted by Gasteiger charge is -2.06. The number of hydrogen-bond acceptors (Lipinski definition) is 2. The van der Waals surface area contributed by atoms with Crippen molar-refractivity contribution in [3.63, 3.8) is 0 Å². The third-order valence-corrected chi connectivity index (χ3v) is 2.87. The molecule has 4 heteroatoms. The van der Waals surface area contributed by atoms with E-state index in [2.05, 4.69) is 39.8 Å². The summed E-state index contributed by atoms with van der Waals surface area (Å²) in [5, 5.41) is 0. The molecule has 1 aliphatic rings. The number of nitrogens with zero attached hydrogens (tertiary/aromatic N) is 3. The van der Waals surface area contributed by atoms with E-state index in [0.717, 1.165) is 0 Å². The van der Waals surface area contributed by atoms with Gasteiger partial charge >= 0.3 is 0 Å². The van der Waals surface area contributed by atoms with Crippen LogP contribution in [0, 0.1) is 0 Å². The summed E-state index contributed by atoms with van der Waals surface area (Å²) < 4.78 is 2.00. The van der Waals surface area contributed by atoms with Gasteiger partial charge in [0.05, 0.1) is 5.92 Å². The predicted octanol–water partition coefficient (Wildman–Crippen LogP) is 1.64. The predicted molar refractivity (Wildman–Crippen MR) is 58.8 cm³/mol. The van der Waals surface area contributed by atoms with Crippen LogP contribution in [0.4, 0.5) is 0 Å². The lowest BCUT2D eigenvalue weighted by atomic mass is 10.0. The molecule has 3 nitrogen and oxygen atoms in total. The molecular weight excluding hydrogens is 277 g/mol. The molecule has 0 aromatic carbocycles. The molecule has 1 aliphatic heterocycles. The first kappa shape index (κ1) is 8.80. The number of rotatable bonds is 1. The third-order valence-electron chi connectivity index (χ3n) is 2.07. The van der Waals surface area contributed by atoms with Crippen LogP contribution >= 0.6 is 22.9 Å². The molecule has 0 spiro atoms. The second-order valence-corrected chi connectivity index (χ2v) is 4.00. The van der Waals surface area contributed by atoms with Crippen molar-refractivity contribution >= 4 is 29.1 Å². The monoisotopic (exact) mass is 286 g/mol. The quantitative estimate of drug-likeness (QED) is 0.722. The molecule has 2 rings (SSSR count). The van der Waals surface area contributed by atoms with Crippen LogP contribution < -0.4 is 2.78 Å². The highest BCUT2D eigenvalue weighted by molar-refractivity contribution is 14.1. The standard InChI is InChI=1S/C9H9IN3/c1-7-4-12-5-8(7)9-2-3-11-6-13(9)10/h2-6,8H,1H3/q+1. The Hall–Kier alpha value is -0.780. The zero-order chi connectivity index (χ0) is 9.26. The number of hydrogen-bond donors (Lipinski definition) is 0. The van der Waals surface area contributed by atoms with E-state index in [1.54, 1.807) is 6.33 Å². The van der Waals surface area contributed by atoms with Crippen LogP contribution in [0.1, 0.15) is 18.5 Å². The molecule has 0 saturated carbocycles. The Kier molecular flexibility index (Phi) is 2.39. The van der Waals surface area contributed by atoms with Gasteiger partial charge in [0.1, 0.15) is 11.9 Å². The Balaban J connectivity index is 2.42. The van der Waals surface area contributed by atoms with E-state index in [-0.39, 0.29) is 0 Å². The van der Waals surface area contributed by atoms with Crippen LogP contribution in [-0.4, -0.2) is 11.2 Å². The smallest absolute Gasteiger partial charge is 0.268 e. The average Bonchev–Trinajstić information content (AvgIpc) is 2.52. The van der Waals surface area contributed by atoms with E-state index in [4.69, 9.17) is 0 Å². The van der Waals surface area contributed by atoms with Gasteiger partial charge in [0.25, 0.3) is 6.33 Å². The van der Waals surface area contributed by atoms with Crippen molar-refractivity contribution in [1.29, 1.82) is 0 Å². The Morgan fingerprint density at radius 1 is 1.54 bits per heavy atom. The topological polar surface area (TPSA) is 29.1 Å². The molecule has 66 valence electrons. The van der Waals surface area contributed by atoms with Crippen LogP contribution in [-0.2, 0) is 0 Å². The zero-order valence-electron chi connectivity index (χ0n) is 7.18. The van der Waals surface area contributed by atoms with Gasteiger partial charge in [0.2, 0.25) is 22.9 Å². The first-order valence-corrected chi connectivity index (χ1v) is 4.97. The van der Waals surface area contributed by atoms with Gasteiger partial charge in [0.15, 0.2) is 0 Å². The van der Waals surface area contributed by atoms with Crippen LogP contribution in [0.2, 0.25) is 0 Å². The normalized spacial score (nSPS) is 20.5. The Morgan fingerprint density at radius 2 is 2.38 bits per heavy atom. The van der Waals surface area contributed by atoms with Gasteiger partial charge in [-0.1, -0.05) is 4.98 Å². The second kappa shape index (κ2) is 3.53. The van der Waals surface area contributed by atoms with Gasteiger partial charge in [-0.25, -0.2) is 0 Å². The van der Waals surface area contributed by atoms with E-state index in [0.29, 0.717) is 5.92 Å². The maximum absolute atomic E-state index is 4.14. The second-order valence-electron chi connectivity index (χ2n) is 2.97. The molecule has 0 aliphatic carbocycles. The fourth-order valence-corrected chi connectivity index (χ4v) is 1.95. The molecule has 0 bridgehead atoms. The maximum Gasteiger partial charge on any atom is 0.294 e. The highest BCUT2D eigenvalue weighted by Gasteiger charge is 2.20. The minimum absolute atomic E-state index is 0.319. The van der Waals surface area contributed by atoms with Crippen molar-refractivity contribution in [2.45, 2.75) is 12.8 Å². The SMILES string of the molecule is CC1=CN=CC1c1ccnc[n+]1I. The third kappa shape index (κ3) is 1.63. The molecule has 0 saturated heterocycles. The molecule has 0 fully saturated rings. The van der Waals surface area contributed by atoms with Crippen LogP contribution in [0.25, 0.3) is 0 Å². The van der Waals surface area contributed by atoms with Crippen LogP contribution in [0.3, 0.4) is 0 Å². The molecular formula is C9H9IN3+. The van der Waals surface area contributed by atoms with Crippen molar-refractivity contribution in [3.8, 4) is 0 Å². The van der Waals surface area contributed by atoms with Crippen molar-refractivity contribution < 1.29 is 2.78 Å². The lowest BCUT2D eigenvalue weighted by Crippen LogP contribution is -2.28. The summed E-state index contributed by atoms with van der Waals surface area (Å²) in [6, 6.07) is 2.02. The van der Waals surface area contributed by atoms with Gasteiger partial charge in [-0.05, 0) is 12.5 Å². The van der Waals surface area contributed by atoms with E-state index in [9.17, 15) is 0 Å². The molecule has 1 aromatic heterocycles.